The van der Waals surface area contributed by atoms with Crippen molar-refractivity contribution >= 4 is 29.0 Å². The molecule has 1 amide bonds. The van der Waals surface area contributed by atoms with E-state index in [0.29, 0.717) is 5.69 Å². The van der Waals surface area contributed by atoms with Gasteiger partial charge in [0, 0.05) is 17.1 Å². The highest BCUT2D eigenvalue weighted by Crippen LogP contribution is 2.31. The third kappa shape index (κ3) is 3.19. The second-order valence-electron chi connectivity index (χ2n) is 5.77. The zero-order valence-electron chi connectivity index (χ0n) is 13.7. The SMILES string of the molecule is CSc1nc(C(=O)NC2CCCc3c2cnn3-c2ccccn2)cs1. The Labute approximate surface area is 153 Å². The number of nitrogens with zero attached hydrogens (tertiary/aromatic N) is 4. The van der Waals surface area contributed by atoms with Crippen molar-refractivity contribution in [3.63, 3.8) is 0 Å². The van der Waals surface area contributed by atoms with Crippen molar-refractivity contribution in [3.05, 3.63) is 52.9 Å². The molecule has 0 fully saturated rings. The molecule has 1 aliphatic carbocycles. The molecule has 3 heterocycles. The normalized spacial score (nSPS) is 16.4. The summed E-state index contributed by atoms with van der Waals surface area (Å²) >= 11 is 3.04. The van der Waals surface area contributed by atoms with Crippen molar-refractivity contribution in [2.24, 2.45) is 0 Å². The Morgan fingerprint density at radius 3 is 3.12 bits per heavy atom. The molecule has 4 rings (SSSR count). The first-order valence-corrected chi connectivity index (χ1v) is 10.2. The smallest absolute Gasteiger partial charge is 0.271 e. The molecule has 25 heavy (non-hydrogen) atoms. The number of aromatic nitrogens is 4. The molecule has 3 aromatic heterocycles. The van der Waals surface area contributed by atoms with E-state index >= 15 is 0 Å². The minimum absolute atomic E-state index is 0.0341. The molecule has 0 saturated carbocycles. The third-order valence-corrected chi connectivity index (χ3v) is 6.11. The number of amides is 1. The van der Waals surface area contributed by atoms with E-state index < -0.39 is 0 Å². The number of thiazole rings is 1. The van der Waals surface area contributed by atoms with E-state index in [9.17, 15) is 4.79 Å². The van der Waals surface area contributed by atoms with Crippen molar-refractivity contribution in [2.75, 3.05) is 6.26 Å². The van der Waals surface area contributed by atoms with Gasteiger partial charge in [0.05, 0.1) is 17.9 Å². The molecule has 1 atom stereocenters. The number of hydrogen-bond acceptors (Lipinski definition) is 6. The standard InChI is InChI=1S/C17H17N5OS2/c1-24-17-21-13(10-25-17)16(23)20-12-5-4-6-14-11(12)9-19-22(14)15-7-2-3-8-18-15/h2-3,7-10,12H,4-6H2,1H3,(H,20,23). The monoisotopic (exact) mass is 371 g/mol. The van der Waals surface area contributed by atoms with E-state index in [-0.39, 0.29) is 11.9 Å². The van der Waals surface area contributed by atoms with Crippen LogP contribution in [-0.2, 0) is 6.42 Å². The highest BCUT2D eigenvalue weighted by molar-refractivity contribution is 8.00. The number of thioether (sulfide) groups is 1. The van der Waals surface area contributed by atoms with E-state index in [1.165, 1.54) is 11.3 Å². The van der Waals surface area contributed by atoms with Crippen molar-refractivity contribution in [1.29, 1.82) is 0 Å². The van der Waals surface area contributed by atoms with Crippen LogP contribution in [0.2, 0.25) is 0 Å². The van der Waals surface area contributed by atoms with Crippen LogP contribution in [0.4, 0.5) is 0 Å². The maximum absolute atomic E-state index is 12.5. The van der Waals surface area contributed by atoms with Gasteiger partial charge in [-0.3, -0.25) is 4.79 Å². The van der Waals surface area contributed by atoms with Crippen LogP contribution in [0.1, 0.15) is 40.6 Å². The molecule has 0 radical (unpaired) electrons. The van der Waals surface area contributed by atoms with E-state index in [0.717, 1.165) is 40.7 Å². The predicted octanol–water partition coefficient (Wildman–Crippen LogP) is 3.25. The van der Waals surface area contributed by atoms with Gasteiger partial charge >= 0.3 is 0 Å². The van der Waals surface area contributed by atoms with Gasteiger partial charge in [-0.1, -0.05) is 17.8 Å². The van der Waals surface area contributed by atoms with Crippen molar-refractivity contribution in [1.82, 2.24) is 25.1 Å². The highest BCUT2D eigenvalue weighted by Gasteiger charge is 2.27. The van der Waals surface area contributed by atoms with E-state index in [1.807, 2.05) is 40.7 Å². The number of hydrogen-bond donors (Lipinski definition) is 1. The van der Waals surface area contributed by atoms with Crippen LogP contribution in [-0.4, -0.2) is 31.9 Å². The van der Waals surface area contributed by atoms with Crippen LogP contribution in [0.3, 0.4) is 0 Å². The lowest BCUT2D eigenvalue weighted by Crippen LogP contribution is -2.31. The van der Waals surface area contributed by atoms with Crippen molar-refractivity contribution in [3.8, 4) is 5.82 Å². The summed E-state index contributed by atoms with van der Waals surface area (Å²) in [4.78, 5) is 21.2. The Morgan fingerprint density at radius 2 is 2.36 bits per heavy atom. The zero-order valence-corrected chi connectivity index (χ0v) is 15.3. The van der Waals surface area contributed by atoms with Gasteiger partial charge in [0.25, 0.3) is 5.91 Å². The maximum Gasteiger partial charge on any atom is 0.271 e. The van der Waals surface area contributed by atoms with Gasteiger partial charge < -0.3 is 5.32 Å². The molecule has 0 aliphatic heterocycles. The average molecular weight is 371 g/mol. The Balaban J connectivity index is 1.58. The topological polar surface area (TPSA) is 72.7 Å². The molecule has 3 aromatic rings. The number of pyridine rings is 1. The summed E-state index contributed by atoms with van der Waals surface area (Å²) in [5.41, 5.74) is 2.68. The van der Waals surface area contributed by atoms with Crippen LogP contribution < -0.4 is 5.32 Å². The Hall–Kier alpha value is -2.19. The number of nitrogens with one attached hydrogen (secondary N) is 1. The number of carbonyl (C=O) groups excluding carboxylic acids is 1. The van der Waals surface area contributed by atoms with E-state index in [1.54, 1.807) is 18.0 Å². The third-order valence-electron chi connectivity index (χ3n) is 4.24. The van der Waals surface area contributed by atoms with Crippen LogP contribution in [0.5, 0.6) is 0 Å². The molecule has 128 valence electrons. The molecule has 8 heteroatoms. The molecule has 0 saturated heterocycles. The average Bonchev–Trinajstić information content (AvgIpc) is 3.30. The molecule has 0 aromatic carbocycles. The van der Waals surface area contributed by atoms with Gasteiger partial charge in [-0.2, -0.15) is 5.10 Å². The summed E-state index contributed by atoms with van der Waals surface area (Å²) in [5.74, 6) is 0.680. The molecule has 1 aliphatic rings. The van der Waals surface area contributed by atoms with E-state index in [2.05, 4.69) is 20.4 Å². The quantitative estimate of drug-likeness (QED) is 0.713. The van der Waals surface area contributed by atoms with Gasteiger partial charge in [0.1, 0.15) is 10.0 Å². The first kappa shape index (κ1) is 16.3. The fourth-order valence-corrected chi connectivity index (χ4v) is 4.31. The lowest BCUT2D eigenvalue weighted by atomic mass is 9.93. The number of carbonyl (C=O) groups is 1. The van der Waals surface area contributed by atoms with Crippen molar-refractivity contribution in [2.45, 2.75) is 29.6 Å². The number of fused-ring (bicyclic) bond motifs is 1. The molecule has 0 spiro atoms. The summed E-state index contributed by atoms with van der Waals surface area (Å²) in [7, 11) is 0. The Kier molecular flexibility index (Phi) is 4.54. The Morgan fingerprint density at radius 1 is 1.44 bits per heavy atom. The molecule has 0 bridgehead atoms. The zero-order chi connectivity index (χ0) is 17.2. The highest BCUT2D eigenvalue weighted by atomic mass is 32.2. The van der Waals surface area contributed by atoms with Gasteiger partial charge in [0.2, 0.25) is 0 Å². The van der Waals surface area contributed by atoms with Gasteiger partial charge in [-0.15, -0.1) is 11.3 Å². The number of rotatable bonds is 4. The minimum atomic E-state index is -0.125. The first-order chi connectivity index (χ1) is 12.3. The molecular weight excluding hydrogens is 354 g/mol. The van der Waals surface area contributed by atoms with Gasteiger partial charge in [-0.25, -0.2) is 14.6 Å². The summed E-state index contributed by atoms with van der Waals surface area (Å²) in [5, 5.41) is 9.43. The second kappa shape index (κ2) is 6.97. The fraction of sp³-hybridized carbons (Fsp3) is 0.294. The van der Waals surface area contributed by atoms with Gasteiger partial charge in [0.15, 0.2) is 5.82 Å². The Bertz CT molecular complexity index is 890. The lowest BCUT2D eigenvalue weighted by molar-refractivity contribution is 0.0928. The molecule has 1 unspecified atom stereocenters. The van der Waals surface area contributed by atoms with Crippen LogP contribution in [0.15, 0.2) is 40.3 Å². The fourth-order valence-electron chi connectivity index (χ4n) is 3.07. The van der Waals surface area contributed by atoms with Crippen LogP contribution in [0, 0.1) is 0 Å². The van der Waals surface area contributed by atoms with Crippen molar-refractivity contribution < 1.29 is 4.79 Å². The van der Waals surface area contributed by atoms with Crippen LogP contribution in [0.25, 0.3) is 5.82 Å². The summed E-state index contributed by atoms with van der Waals surface area (Å²) < 4.78 is 2.78. The summed E-state index contributed by atoms with van der Waals surface area (Å²) in [6.45, 7) is 0. The first-order valence-electron chi connectivity index (χ1n) is 8.05. The van der Waals surface area contributed by atoms with E-state index in [4.69, 9.17) is 0 Å². The minimum Gasteiger partial charge on any atom is -0.344 e. The molecular formula is C17H17N5OS2. The molecule has 1 N–H and O–H groups in total. The van der Waals surface area contributed by atoms with Gasteiger partial charge in [-0.05, 0) is 37.7 Å². The van der Waals surface area contributed by atoms with Crippen LogP contribution >= 0.6 is 23.1 Å². The maximum atomic E-state index is 12.5. The predicted molar refractivity (Wildman–Crippen MR) is 98.4 cm³/mol. The largest absolute Gasteiger partial charge is 0.344 e. The molecule has 6 nitrogen and oxygen atoms in total. The summed E-state index contributed by atoms with van der Waals surface area (Å²) in [6.07, 6.45) is 8.42. The second-order valence-corrected chi connectivity index (χ2v) is 7.68. The summed E-state index contributed by atoms with van der Waals surface area (Å²) in [6, 6.07) is 5.74. The lowest BCUT2D eigenvalue weighted by Gasteiger charge is -2.23.